The molecule has 134 valence electrons. The number of hydrogen-bond acceptors (Lipinski definition) is 4. The lowest BCUT2D eigenvalue weighted by atomic mass is 10.00. The van der Waals surface area contributed by atoms with Gasteiger partial charge < -0.3 is 0 Å². The summed E-state index contributed by atoms with van der Waals surface area (Å²) in [4.78, 5) is 17.5. The largest absolute Gasteiger partial charge is 0.295 e. The van der Waals surface area contributed by atoms with Gasteiger partial charge in [-0.15, -0.1) is 0 Å². The molecule has 1 N–H and O–H groups in total. The first-order valence-electron chi connectivity index (χ1n) is 8.72. The van der Waals surface area contributed by atoms with Gasteiger partial charge in [-0.25, -0.2) is 13.9 Å². The molecule has 1 saturated carbocycles. The van der Waals surface area contributed by atoms with Crippen LogP contribution in [-0.2, 0) is 0 Å². The number of fused-ring (bicyclic) bond motifs is 1. The van der Waals surface area contributed by atoms with Crippen molar-refractivity contribution in [1.82, 2.24) is 24.4 Å². The molecule has 0 bridgehead atoms. The van der Waals surface area contributed by atoms with E-state index < -0.39 is 6.17 Å². The molecule has 0 amide bonds. The van der Waals surface area contributed by atoms with E-state index in [4.69, 9.17) is 0 Å². The molecule has 1 fully saturated rings. The van der Waals surface area contributed by atoms with Gasteiger partial charge in [-0.3, -0.25) is 14.6 Å². The Morgan fingerprint density at radius 3 is 2.88 bits per heavy atom. The zero-order valence-electron chi connectivity index (χ0n) is 14.6. The van der Waals surface area contributed by atoms with E-state index in [2.05, 4.69) is 15.2 Å². The van der Waals surface area contributed by atoms with Crippen LogP contribution in [0.25, 0.3) is 16.9 Å². The molecule has 2 atom stereocenters. The van der Waals surface area contributed by atoms with Crippen molar-refractivity contribution < 1.29 is 4.39 Å². The van der Waals surface area contributed by atoms with Crippen LogP contribution in [0.4, 0.5) is 4.39 Å². The maximum absolute atomic E-state index is 13.5. The van der Waals surface area contributed by atoms with Crippen LogP contribution in [0, 0.1) is 11.3 Å². The first kappa shape index (κ1) is 16.5. The van der Waals surface area contributed by atoms with Crippen molar-refractivity contribution in [3.8, 4) is 17.3 Å². The summed E-state index contributed by atoms with van der Waals surface area (Å²) in [6.45, 7) is 3.86. The Kier molecular flexibility index (Phi) is 3.87. The SMILES string of the molecule is CC(C)c1c(-c2cnn(C3CCC(F)C3)c2)nc2c(C#N)c[nH]n2c1=O. The van der Waals surface area contributed by atoms with Gasteiger partial charge in [-0.05, 0) is 18.8 Å². The summed E-state index contributed by atoms with van der Waals surface area (Å²) in [7, 11) is 0. The summed E-state index contributed by atoms with van der Waals surface area (Å²) < 4.78 is 16.6. The lowest BCUT2D eigenvalue weighted by Crippen LogP contribution is -2.22. The van der Waals surface area contributed by atoms with Crippen molar-refractivity contribution in [2.45, 2.75) is 51.2 Å². The normalized spacial score (nSPS) is 20.1. The minimum atomic E-state index is -0.781. The van der Waals surface area contributed by atoms with Crippen LogP contribution in [0.1, 0.15) is 56.2 Å². The van der Waals surface area contributed by atoms with Crippen molar-refractivity contribution in [2.75, 3.05) is 0 Å². The average molecular weight is 354 g/mol. The lowest BCUT2D eigenvalue weighted by molar-refractivity contribution is 0.326. The van der Waals surface area contributed by atoms with Gasteiger partial charge in [0.05, 0.1) is 17.9 Å². The fourth-order valence-electron chi connectivity index (χ4n) is 3.66. The number of halogens is 1. The van der Waals surface area contributed by atoms with Crippen molar-refractivity contribution in [2.24, 2.45) is 0 Å². The third-order valence-electron chi connectivity index (χ3n) is 4.98. The molecule has 3 aromatic heterocycles. The molecule has 0 radical (unpaired) electrons. The van der Waals surface area contributed by atoms with Crippen LogP contribution in [0.3, 0.4) is 0 Å². The summed E-state index contributed by atoms with van der Waals surface area (Å²) >= 11 is 0. The molecule has 3 aromatic rings. The van der Waals surface area contributed by atoms with Crippen LogP contribution < -0.4 is 5.56 Å². The second-order valence-corrected chi connectivity index (χ2v) is 7.07. The average Bonchev–Trinajstić information content (AvgIpc) is 3.32. The molecular weight excluding hydrogens is 335 g/mol. The molecule has 1 aliphatic rings. The first-order valence-corrected chi connectivity index (χ1v) is 8.72. The van der Waals surface area contributed by atoms with E-state index >= 15 is 0 Å². The molecular formula is C18H19FN6O. The van der Waals surface area contributed by atoms with Gasteiger partial charge in [0.25, 0.3) is 5.56 Å². The van der Waals surface area contributed by atoms with E-state index in [1.807, 2.05) is 26.1 Å². The topological polar surface area (TPSA) is 91.8 Å². The van der Waals surface area contributed by atoms with Crippen molar-refractivity contribution in [3.63, 3.8) is 0 Å². The predicted molar refractivity (Wildman–Crippen MR) is 93.6 cm³/mol. The molecule has 0 saturated heterocycles. The predicted octanol–water partition coefficient (Wildman–Crippen LogP) is 2.94. The second-order valence-electron chi connectivity index (χ2n) is 7.07. The summed E-state index contributed by atoms with van der Waals surface area (Å²) in [5, 5.41) is 16.4. The lowest BCUT2D eigenvalue weighted by Gasteiger charge is -2.11. The Hall–Kier alpha value is -2.95. The van der Waals surface area contributed by atoms with E-state index in [9.17, 15) is 14.4 Å². The van der Waals surface area contributed by atoms with Crippen LogP contribution in [0.5, 0.6) is 0 Å². The minimum absolute atomic E-state index is 0.0352. The van der Waals surface area contributed by atoms with E-state index in [1.165, 1.54) is 10.7 Å². The molecule has 8 heteroatoms. The highest BCUT2D eigenvalue weighted by molar-refractivity contribution is 5.67. The fourth-order valence-corrected chi connectivity index (χ4v) is 3.66. The highest BCUT2D eigenvalue weighted by atomic mass is 19.1. The van der Waals surface area contributed by atoms with E-state index in [0.29, 0.717) is 40.9 Å². The third-order valence-corrected chi connectivity index (χ3v) is 4.98. The fraction of sp³-hybridized carbons (Fsp3) is 0.444. The highest BCUT2D eigenvalue weighted by Gasteiger charge is 2.27. The van der Waals surface area contributed by atoms with E-state index in [0.717, 1.165) is 6.42 Å². The van der Waals surface area contributed by atoms with Gasteiger partial charge in [0.2, 0.25) is 0 Å². The quantitative estimate of drug-likeness (QED) is 0.783. The number of nitrogens with one attached hydrogen (secondary N) is 1. The number of alkyl halides is 1. The summed E-state index contributed by atoms with van der Waals surface area (Å²) in [6, 6.07) is 2.08. The van der Waals surface area contributed by atoms with Gasteiger partial charge >= 0.3 is 0 Å². The Bertz CT molecular complexity index is 1070. The van der Waals surface area contributed by atoms with Crippen molar-refractivity contribution in [3.05, 3.63) is 40.1 Å². The van der Waals surface area contributed by atoms with E-state index in [1.54, 1.807) is 10.9 Å². The number of nitriles is 1. The van der Waals surface area contributed by atoms with Gasteiger partial charge in [0.15, 0.2) is 5.65 Å². The van der Waals surface area contributed by atoms with E-state index in [-0.39, 0.29) is 17.5 Å². The maximum atomic E-state index is 13.5. The first-order chi connectivity index (χ1) is 12.5. The van der Waals surface area contributed by atoms with Crippen LogP contribution in [0.15, 0.2) is 23.4 Å². The van der Waals surface area contributed by atoms with Gasteiger partial charge in [0.1, 0.15) is 17.8 Å². The maximum Gasteiger partial charge on any atom is 0.276 e. The number of rotatable bonds is 3. The summed E-state index contributed by atoms with van der Waals surface area (Å²) in [6.07, 6.45) is 5.95. The zero-order chi connectivity index (χ0) is 18.4. The van der Waals surface area contributed by atoms with Crippen molar-refractivity contribution in [1.29, 1.82) is 5.26 Å². The third kappa shape index (κ3) is 2.51. The summed E-state index contributed by atoms with van der Waals surface area (Å²) in [5.74, 6) is -0.0548. The number of aromatic amines is 1. The van der Waals surface area contributed by atoms with Gasteiger partial charge in [0, 0.05) is 29.9 Å². The number of aromatic nitrogens is 5. The zero-order valence-corrected chi connectivity index (χ0v) is 14.6. The molecule has 1 aliphatic carbocycles. The van der Waals surface area contributed by atoms with Crippen LogP contribution in [-0.4, -0.2) is 30.6 Å². The van der Waals surface area contributed by atoms with Gasteiger partial charge in [-0.1, -0.05) is 13.8 Å². The molecule has 4 rings (SSSR count). The Morgan fingerprint density at radius 1 is 1.42 bits per heavy atom. The van der Waals surface area contributed by atoms with Crippen LogP contribution in [0.2, 0.25) is 0 Å². The second kappa shape index (κ2) is 6.09. The molecule has 7 nitrogen and oxygen atoms in total. The molecule has 0 aromatic carbocycles. The smallest absolute Gasteiger partial charge is 0.276 e. The van der Waals surface area contributed by atoms with Gasteiger partial charge in [-0.2, -0.15) is 10.4 Å². The molecule has 26 heavy (non-hydrogen) atoms. The Labute approximate surface area is 149 Å². The molecule has 2 unspecified atom stereocenters. The minimum Gasteiger partial charge on any atom is -0.295 e. The number of H-pyrrole nitrogens is 1. The molecule has 0 aliphatic heterocycles. The Balaban J connectivity index is 1.88. The number of hydrogen-bond donors (Lipinski definition) is 1. The van der Waals surface area contributed by atoms with Crippen molar-refractivity contribution >= 4 is 5.65 Å². The monoisotopic (exact) mass is 354 g/mol. The molecule has 0 spiro atoms. The Morgan fingerprint density at radius 2 is 2.23 bits per heavy atom. The molecule has 3 heterocycles. The summed E-state index contributed by atoms with van der Waals surface area (Å²) in [5.41, 5.74) is 2.18. The van der Waals surface area contributed by atoms with Crippen LogP contribution >= 0.6 is 0 Å². The standard InChI is InChI=1S/C18H19FN6O/c1-10(2)15-16(23-17-11(6-20)7-22-25(17)18(15)26)12-8-21-24(9-12)14-4-3-13(19)5-14/h7-10,13-14,22H,3-5H2,1-2H3. The number of nitrogens with zero attached hydrogens (tertiary/aromatic N) is 5. The highest BCUT2D eigenvalue weighted by Crippen LogP contribution is 2.33.